The molecule has 4 nitrogen and oxygen atoms in total. The molecule has 2 aromatic heterocycles. The van der Waals surface area contributed by atoms with Gasteiger partial charge in [0.25, 0.3) is 0 Å². The molecule has 0 aliphatic heterocycles. The van der Waals surface area contributed by atoms with Gasteiger partial charge in [0.15, 0.2) is 0 Å². The lowest BCUT2D eigenvalue weighted by molar-refractivity contribution is 0.103. The zero-order chi connectivity index (χ0) is 10.7. The maximum atomic E-state index is 11.9. The van der Waals surface area contributed by atoms with E-state index in [2.05, 4.69) is 15.0 Å². The van der Waals surface area contributed by atoms with Crippen molar-refractivity contribution in [1.82, 2.24) is 15.0 Å². The fourth-order valence-electron chi connectivity index (χ4n) is 1.28. The lowest BCUT2D eigenvalue weighted by Crippen LogP contribution is -2.06. The smallest absolute Gasteiger partial charge is 0.214 e. The van der Waals surface area contributed by atoms with Crippen molar-refractivity contribution in [3.8, 4) is 0 Å². The Bertz CT molecular complexity index is 482. The first-order valence-electron chi connectivity index (χ1n) is 4.51. The summed E-state index contributed by atoms with van der Waals surface area (Å²) < 4.78 is 0. The van der Waals surface area contributed by atoms with E-state index in [1.165, 1.54) is 18.6 Å². The average Bonchev–Trinajstić information content (AvgIpc) is 2.30. The number of carbonyl (C=O) groups excluding carboxylic acids is 1. The minimum Gasteiger partial charge on any atom is -0.287 e. The zero-order valence-corrected chi connectivity index (χ0v) is 8.21. The van der Waals surface area contributed by atoms with Crippen LogP contribution in [0.5, 0.6) is 0 Å². The fraction of sp³-hybridized carbons (Fsp3) is 0.0909. The number of nitrogens with zero attached hydrogens (tertiary/aromatic N) is 3. The quantitative estimate of drug-likeness (QED) is 0.686. The summed E-state index contributed by atoms with van der Waals surface area (Å²) in [6.07, 6.45) is 6.14. The van der Waals surface area contributed by atoms with Gasteiger partial charge in [-0.15, -0.1) is 0 Å². The van der Waals surface area contributed by atoms with Crippen LogP contribution in [0.25, 0.3) is 0 Å². The Balaban J connectivity index is 2.42. The lowest BCUT2D eigenvalue weighted by Gasteiger charge is -2.01. The Kier molecular flexibility index (Phi) is 2.49. The minimum atomic E-state index is -0.145. The monoisotopic (exact) mass is 199 g/mol. The van der Waals surface area contributed by atoms with Gasteiger partial charge in [-0.05, 0) is 19.1 Å². The van der Waals surface area contributed by atoms with E-state index in [1.807, 2.05) is 0 Å². The van der Waals surface area contributed by atoms with E-state index in [-0.39, 0.29) is 5.78 Å². The highest BCUT2D eigenvalue weighted by atomic mass is 16.1. The summed E-state index contributed by atoms with van der Waals surface area (Å²) in [6.45, 7) is 1.80. The van der Waals surface area contributed by atoms with E-state index < -0.39 is 0 Å². The summed E-state index contributed by atoms with van der Waals surface area (Å²) in [5.74, 6) is -0.145. The van der Waals surface area contributed by atoms with Gasteiger partial charge in [-0.2, -0.15) is 0 Å². The highest BCUT2D eigenvalue weighted by Crippen LogP contribution is 2.08. The summed E-state index contributed by atoms with van der Waals surface area (Å²) >= 11 is 0. The van der Waals surface area contributed by atoms with Crippen LogP contribution in [0.4, 0.5) is 0 Å². The van der Waals surface area contributed by atoms with Gasteiger partial charge in [0.05, 0.1) is 6.20 Å². The van der Waals surface area contributed by atoms with E-state index in [4.69, 9.17) is 0 Å². The summed E-state index contributed by atoms with van der Waals surface area (Å²) in [5.41, 5.74) is 1.61. The van der Waals surface area contributed by atoms with E-state index >= 15 is 0 Å². The Morgan fingerprint density at radius 3 is 2.73 bits per heavy atom. The molecule has 0 amide bonds. The van der Waals surface area contributed by atoms with Gasteiger partial charge in [-0.3, -0.25) is 14.8 Å². The molecule has 0 saturated heterocycles. The molecular weight excluding hydrogens is 190 g/mol. The molecule has 0 radical (unpaired) electrons. The van der Waals surface area contributed by atoms with Crippen LogP contribution in [0.1, 0.15) is 21.7 Å². The molecule has 0 atom stereocenters. The number of aryl methyl sites for hydroxylation is 1. The maximum absolute atomic E-state index is 11.9. The molecule has 2 aromatic rings. The fourth-order valence-corrected chi connectivity index (χ4v) is 1.28. The van der Waals surface area contributed by atoms with E-state index in [1.54, 1.807) is 25.3 Å². The third kappa shape index (κ3) is 1.88. The number of carbonyl (C=O) groups is 1. The highest BCUT2D eigenvalue weighted by Gasteiger charge is 2.12. The number of ketones is 1. The average molecular weight is 199 g/mol. The van der Waals surface area contributed by atoms with Crippen LogP contribution < -0.4 is 0 Å². The minimum absolute atomic E-state index is 0.145. The van der Waals surface area contributed by atoms with Crippen LogP contribution in [-0.2, 0) is 0 Å². The van der Waals surface area contributed by atoms with Crippen molar-refractivity contribution in [3.05, 3.63) is 53.9 Å². The molecule has 0 aromatic carbocycles. The Labute approximate surface area is 87.0 Å². The maximum Gasteiger partial charge on any atom is 0.214 e. The molecule has 4 heteroatoms. The Morgan fingerprint density at radius 2 is 2.07 bits per heavy atom. The number of hydrogen-bond donors (Lipinski definition) is 0. The summed E-state index contributed by atoms with van der Waals surface area (Å²) in [4.78, 5) is 23.8. The number of pyridine rings is 1. The van der Waals surface area contributed by atoms with Gasteiger partial charge in [-0.1, -0.05) is 0 Å². The van der Waals surface area contributed by atoms with E-state index in [9.17, 15) is 4.79 Å². The van der Waals surface area contributed by atoms with Crippen LogP contribution in [0.2, 0.25) is 0 Å². The molecule has 0 N–H and O–H groups in total. The van der Waals surface area contributed by atoms with Crippen molar-refractivity contribution in [1.29, 1.82) is 0 Å². The molecule has 0 aliphatic rings. The summed E-state index contributed by atoms with van der Waals surface area (Å²) in [7, 11) is 0. The van der Waals surface area contributed by atoms with Crippen LogP contribution in [0.3, 0.4) is 0 Å². The third-order valence-corrected chi connectivity index (χ3v) is 2.05. The van der Waals surface area contributed by atoms with Gasteiger partial charge in [0, 0.05) is 29.8 Å². The van der Waals surface area contributed by atoms with Gasteiger partial charge in [-0.25, -0.2) is 4.98 Å². The second-order valence-corrected chi connectivity index (χ2v) is 3.06. The Morgan fingerprint density at radius 1 is 1.20 bits per heavy atom. The standard InChI is InChI=1S/C11H9N3O/c1-8-9(3-2-4-13-8)11(15)10-7-12-5-6-14-10/h2-7H,1H3. The van der Waals surface area contributed by atoms with Crippen molar-refractivity contribution in [2.24, 2.45) is 0 Å². The van der Waals surface area contributed by atoms with Gasteiger partial charge >= 0.3 is 0 Å². The van der Waals surface area contributed by atoms with Crippen LogP contribution in [0.15, 0.2) is 36.9 Å². The second kappa shape index (κ2) is 3.96. The molecule has 2 rings (SSSR count). The molecule has 15 heavy (non-hydrogen) atoms. The molecule has 0 saturated carbocycles. The van der Waals surface area contributed by atoms with Crippen LogP contribution in [0, 0.1) is 6.92 Å². The van der Waals surface area contributed by atoms with E-state index in [0.717, 1.165) is 0 Å². The first-order chi connectivity index (χ1) is 7.29. The molecule has 0 aliphatic carbocycles. The molecule has 0 fully saturated rings. The first-order valence-corrected chi connectivity index (χ1v) is 4.51. The molecule has 2 heterocycles. The van der Waals surface area contributed by atoms with Crippen molar-refractivity contribution in [3.63, 3.8) is 0 Å². The molecule has 0 bridgehead atoms. The molecular formula is C11H9N3O. The zero-order valence-electron chi connectivity index (χ0n) is 8.21. The number of rotatable bonds is 2. The normalized spacial score (nSPS) is 9.93. The third-order valence-electron chi connectivity index (χ3n) is 2.05. The molecule has 74 valence electrons. The van der Waals surface area contributed by atoms with Gasteiger partial charge in [0.1, 0.15) is 5.69 Å². The predicted octanol–water partition coefficient (Wildman–Crippen LogP) is 1.41. The van der Waals surface area contributed by atoms with Crippen LogP contribution in [-0.4, -0.2) is 20.7 Å². The number of aromatic nitrogens is 3. The summed E-state index contributed by atoms with van der Waals surface area (Å²) in [6, 6.07) is 3.47. The highest BCUT2D eigenvalue weighted by molar-refractivity contribution is 6.08. The Hall–Kier alpha value is -2.10. The van der Waals surface area contributed by atoms with Crippen molar-refractivity contribution in [2.45, 2.75) is 6.92 Å². The lowest BCUT2D eigenvalue weighted by atomic mass is 10.1. The largest absolute Gasteiger partial charge is 0.287 e. The van der Waals surface area contributed by atoms with Crippen LogP contribution >= 0.6 is 0 Å². The van der Waals surface area contributed by atoms with Crippen molar-refractivity contribution >= 4 is 5.78 Å². The molecule has 0 unspecified atom stereocenters. The van der Waals surface area contributed by atoms with Gasteiger partial charge < -0.3 is 0 Å². The van der Waals surface area contributed by atoms with E-state index in [0.29, 0.717) is 17.0 Å². The topological polar surface area (TPSA) is 55.7 Å². The van der Waals surface area contributed by atoms with Crippen molar-refractivity contribution < 1.29 is 4.79 Å². The van der Waals surface area contributed by atoms with Gasteiger partial charge in [0.2, 0.25) is 5.78 Å². The first kappa shape index (κ1) is 9.45. The van der Waals surface area contributed by atoms with Crippen molar-refractivity contribution in [2.75, 3.05) is 0 Å². The second-order valence-electron chi connectivity index (χ2n) is 3.06. The summed E-state index contributed by atoms with van der Waals surface area (Å²) in [5, 5.41) is 0. The number of hydrogen-bond acceptors (Lipinski definition) is 4. The SMILES string of the molecule is Cc1ncccc1C(=O)c1cnccn1. The predicted molar refractivity (Wildman–Crippen MR) is 54.4 cm³/mol. The molecule has 0 spiro atoms.